The zero-order valence-electron chi connectivity index (χ0n) is 13.8. The molecule has 2 heterocycles. The first-order valence-electron chi connectivity index (χ1n) is 8.07. The van der Waals surface area contributed by atoms with Crippen molar-refractivity contribution in [1.29, 1.82) is 0 Å². The molecule has 9 heteroatoms. The summed E-state index contributed by atoms with van der Waals surface area (Å²) in [6.45, 7) is 2.59. The molecule has 136 valence electrons. The largest absolute Gasteiger partial charge is 0.338 e. The Labute approximate surface area is 160 Å². The van der Waals surface area contributed by atoms with E-state index in [0.717, 1.165) is 21.0 Å². The van der Waals surface area contributed by atoms with E-state index in [1.165, 1.54) is 23.1 Å². The van der Waals surface area contributed by atoms with Gasteiger partial charge in [-0.05, 0) is 31.0 Å². The summed E-state index contributed by atoms with van der Waals surface area (Å²) >= 11 is 8.90. The van der Waals surface area contributed by atoms with Crippen molar-refractivity contribution in [3.63, 3.8) is 0 Å². The summed E-state index contributed by atoms with van der Waals surface area (Å²) < 4.78 is 25.3. The minimum Gasteiger partial charge on any atom is -0.338 e. The van der Waals surface area contributed by atoms with Crippen molar-refractivity contribution in [3.8, 4) is 0 Å². The van der Waals surface area contributed by atoms with Crippen molar-refractivity contribution in [2.45, 2.75) is 30.1 Å². The van der Waals surface area contributed by atoms with Gasteiger partial charge in [-0.25, -0.2) is 13.4 Å². The van der Waals surface area contributed by atoms with Gasteiger partial charge in [0.05, 0.1) is 27.5 Å². The van der Waals surface area contributed by atoms with Crippen molar-refractivity contribution in [2.75, 3.05) is 23.8 Å². The maximum atomic E-state index is 12.6. The second kappa shape index (κ2) is 7.82. The molecule has 0 saturated carbocycles. The van der Waals surface area contributed by atoms with Gasteiger partial charge in [0.2, 0.25) is 5.91 Å². The molecule has 3 rings (SSSR count). The van der Waals surface area contributed by atoms with Gasteiger partial charge in [0.1, 0.15) is 0 Å². The molecule has 1 fully saturated rings. The molecule has 1 atom stereocenters. The van der Waals surface area contributed by atoms with E-state index < -0.39 is 9.84 Å². The zero-order chi connectivity index (χ0) is 18.0. The Morgan fingerprint density at radius 3 is 2.96 bits per heavy atom. The van der Waals surface area contributed by atoms with Gasteiger partial charge in [-0.1, -0.05) is 30.3 Å². The molecule has 0 aliphatic carbocycles. The highest BCUT2D eigenvalue weighted by Gasteiger charge is 2.34. The molecule has 0 N–H and O–H groups in total. The Morgan fingerprint density at radius 2 is 2.28 bits per heavy atom. The monoisotopic (exact) mass is 418 g/mol. The number of thiazole rings is 1. The number of hydrogen-bond donors (Lipinski definition) is 0. The van der Waals surface area contributed by atoms with E-state index in [4.69, 9.17) is 11.6 Å². The van der Waals surface area contributed by atoms with Crippen LogP contribution in [-0.4, -0.2) is 54.1 Å². The predicted molar refractivity (Wildman–Crippen MR) is 104 cm³/mol. The lowest BCUT2D eigenvalue weighted by Crippen LogP contribution is -2.42. The minimum atomic E-state index is -3.00. The summed E-state index contributed by atoms with van der Waals surface area (Å²) in [4.78, 5) is 18.9. The number of benzene rings is 1. The standard InChI is InChI=1S/C16H19ClN2O3S3/c1-2-6-19(12-5-7-25(21,22)10-12)15(20)9-23-16-18-13-8-11(17)3-4-14(13)24-16/h3-4,8,12H,2,5-7,9-10H2,1H3/t12-/m0/s1. The average Bonchev–Trinajstić information content (AvgIpc) is 3.12. The highest BCUT2D eigenvalue weighted by molar-refractivity contribution is 8.01. The number of carbonyl (C=O) groups is 1. The molecule has 0 spiro atoms. The van der Waals surface area contributed by atoms with Gasteiger partial charge in [0.15, 0.2) is 14.2 Å². The quantitative estimate of drug-likeness (QED) is 0.672. The van der Waals surface area contributed by atoms with Crippen molar-refractivity contribution >= 4 is 60.7 Å². The van der Waals surface area contributed by atoms with E-state index in [1.807, 2.05) is 25.1 Å². The van der Waals surface area contributed by atoms with Crippen molar-refractivity contribution in [1.82, 2.24) is 9.88 Å². The third-order valence-electron chi connectivity index (χ3n) is 4.08. The van der Waals surface area contributed by atoms with Crippen LogP contribution in [0.5, 0.6) is 0 Å². The van der Waals surface area contributed by atoms with Crippen LogP contribution in [-0.2, 0) is 14.6 Å². The summed E-state index contributed by atoms with van der Waals surface area (Å²) in [7, 11) is -3.00. The second-order valence-corrected chi connectivity index (χ2v) is 10.9. The molecule has 1 amide bonds. The summed E-state index contributed by atoms with van der Waals surface area (Å²) in [6, 6.07) is 5.37. The maximum absolute atomic E-state index is 12.6. The molecule has 1 aliphatic rings. The number of fused-ring (bicyclic) bond motifs is 1. The van der Waals surface area contributed by atoms with E-state index in [-0.39, 0.29) is 29.2 Å². The van der Waals surface area contributed by atoms with Crippen molar-refractivity contribution < 1.29 is 13.2 Å². The topological polar surface area (TPSA) is 67.3 Å². The fourth-order valence-electron chi connectivity index (χ4n) is 2.92. The fourth-order valence-corrected chi connectivity index (χ4v) is 6.75. The van der Waals surface area contributed by atoms with Crippen LogP contribution in [0.15, 0.2) is 22.5 Å². The smallest absolute Gasteiger partial charge is 0.233 e. The zero-order valence-corrected chi connectivity index (χ0v) is 17.0. The van der Waals surface area contributed by atoms with Crippen LogP contribution >= 0.6 is 34.7 Å². The number of thioether (sulfide) groups is 1. The van der Waals surface area contributed by atoms with E-state index in [2.05, 4.69) is 4.98 Å². The van der Waals surface area contributed by atoms with Gasteiger partial charge in [-0.3, -0.25) is 4.79 Å². The lowest BCUT2D eigenvalue weighted by Gasteiger charge is -2.27. The van der Waals surface area contributed by atoms with E-state index >= 15 is 0 Å². The Balaban J connectivity index is 1.66. The van der Waals surface area contributed by atoms with Gasteiger partial charge in [0.25, 0.3) is 0 Å². The first-order valence-corrected chi connectivity index (χ1v) is 12.1. The predicted octanol–water partition coefficient (Wildman–Crippen LogP) is 3.47. The first-order chi connectivity index (χ1) is 11.9. The van der Waals surface area contributed by atoms with E-state index in [9.17, 15) is 13.2 Å². The van der Waals surface area contributed by atoms with Gasteiger partial charge in [-0.2, -0.15) is 0 Å². The molecule has 1 aromatic carbocycles. The number of halogens is 1. The number of aromatic nitrogens is 1. The second-order valence-electron chi connectivity index (χ2n) is 6.02. The lowest BCUT2D eigenvalue weighted by molar-refractivity contribution is -0.130. The summed E-state index contributed by atoms with van der Waals surface area (Å²) in [5, 5.41) is 0.641. The molecule has 25 heavy (non-hydrogen) atoms. The van der Waals surface area contributed by atoms with E-state index in [1.54, 1.807) is 4.90 Å². The van der Waals surface area contributed by atoms with Gasteiger partial charge in [-0.15, -0.1) is 11.3 Å². The highest BCUT2D eigenvalue weighted by Crippen LogP contribution is 2.31. The van der Waals surface area contributed by atoms with Crippen molar-refractivity contribution in [2.24, 2.45) is 0 Å². The van der Waals surface area contributed by atoms with Crippen LogP contribution in [0.2, 0.25) is 5.02 Å². The Hall–Kier alpha value is -0.830. The summed E-state index contributed by atoms with van der Waals surface area (Å²) in [5.74, 6) is 0.510. The third kappa shape index (κ3) is 4.67. The molecule has 1 saturated heterocycles. The first kappa shape index (κ1) is 18.9. The highest BCUT2D eigenvalue weighted by atomic mass is 35.5. The number of hydrogen-bond acceptors (Lipinski definition) is 6. The van der Waals surface area contributed by atoms with Gasteiger partial charge >= 0.3 is 0 Å². The normalized spacial score (nSPS) is 19.4. The molecule has 2 aromatic rings. The van der Waals surface area contributed by atoms with Gasteiger partial charge in [0, 0.05) is 17.6 Å². The van der Waals surface area contributed by atoms with Crippen molar-refractivity contribution in [3.05, 3.63) is 23.2 Å². The van der Waals surface area contributed by atoms with E-state index in [0.29, 0.717) is 18.0 Å². The molecule has 1 aliphatic heterocycles. The van der Waals surface area contributed by atoms with Crippen LogP contribution < -0.4 is 0 Å². The van der Waals surface area contributed by atoms with Crippen LogP contribution in [0.1, 0.15) is 19.8 Å². The van der Waals surface area contributed by atoms with Crippen LogP contribution in [0.4, 0.5) is 0 Å². The molecular formula is C16H19ClN2O3S3. The summed E-state index contributed by atoms with van der Waals surface area (Å²) in [6.07, 6.45) is 1.35. The van der Waals surface area contributed by atoms with Crippen LogP contribution in [0, 0.1) is 0 Å². The number of carbonyl (C=O) groups excluding carboxylic acids is 1. The number of rotatable bonds is 6. The fraction of sp³-hybridized carbons (Fsp3) is 0.500. The van der Waals surface area contributed by atoms with Crippen LogP contribution in [0.25, 0.3) is 10.2 Å². The summed E-state index contributed by atoms with van der Waals surface area (Å²) in [5.41, 5.74) is 0.833. The molecular weight excluding hydrogens is 400 g/mol. The maximum Gasteiger partial charge on any atom is 0.233 e. The van der Waals surface area contributed by atoms with Gasteiger partial charge < -0.3 is 4.90 Å². The lowest BCUT2D eigenvalue weighted by atomic mass is 10.2. The molecule has 5 nitrogen and oxygen atoms in total. The number of nitrogens with zero attached hydrogens (tertiary/aromatic N) is 2. The van der Waals surface area contributed by atoms with Crippen LogP contribution in [0.3, 0.4) is 0 Å². The SMILES string of the molecule is CCCN(C(=O)CSc1nc2cc(Cl)ccc2s1)[C@H]1CCS(=O)(=O)C1. The third-order valence-corrected chi connectivity index (χ3v) is 8.23. The Kier molecular flexibility index (Phi) is 5.92. The molecule has 0 unspecified atom stereocenters. The number of sulfone groups is 1. The Morgan fingerprint density at radius 1 is 1.48 bits per heavy atom. The molecule has 1 aromatic heterocycles. The molecule has 0 radical (unpaired) electrons. The number of amides is 1. The average molecular weight is 419 g/mol. The molecule has 0 bridgehead atoms. The minimum absolute atomic E-state index is 0.0220. The Bertz CT molecular complexity index is 882.